The second-order valence-corrected chi connectivity index (χ2v) is 4.97. The van der Waals surface area contributed by atoms with Crippen LogP contribution in [0.3, 0.4) is 0 Å². The highest BCUT2D eigenvalue weighted by molar-refractivity contribution is 4.85. The average molecular weight is 185 g/mol. The van der Waals surface area contributed by atoms with E-state index >= 15 is 0 Å². The Bertz CT molecular complexity index is 165. The van der Waals surface area contributed by atoms with Gasteiger partial charge in [-0.1, -0.05) is 13.8 Å². The number of likely N-dealkylation sites (tertiary alicyclic amines) is 1. The first-order chi connectivity index (χ1) is 5.93. The molecule has 0 aromatic heterocycles. The summed E-state index contributed by atoms with van der Waals surface area (Å²) in [6, 6.07) is 0.658. The molecule has 2 nitrogen and oxygen atoms in total. The van der Waals surface area contributed by atoms with E-state index in [1.165, 1.54) is 12.8 Å². The molecule has 1 fully saturated rings. The number of hydrogen-bond acceptors (Lipinski definition) is 2. The van der Waals surface area contributed by atoms with Gasteiger partial charge in [0.25, 0.3) is 0 Å². The van der Waals surface area contributed by atoms with Crippen LogP contribution in [0.5, 0.6) is 0 Å². The maximum absolute atomic E-state index is 10.1. The number of nitrogens with zero attached hydrogens (tertiary/aromatic N) is 1. The minimum Gasteiger partial charge on any atom is -0.389 e. The Morgan fingerprint density at radius 1 is 1.54 bits per heavy atom. The lowest BCUT2D eigenvalue weighted by molar-refractivity contribution is -0.0203. The third-order valence-electron chi connectivity index (χ3n) is 3.46. The fourth-order valence-corrected chi connectivity index (χ4v) is 1.82. The van der Waals surface area contributed by atoms with E-state index in [2.05, 4.69) is 25.7 Å². The van der Waals surface area contributed by atoms with Crippen LogP contribution in [0, 0.1) is 5.92 Å². The van der Waals surface area contributed by atoms with Crippen LogP contribution in [0.2, 0.25) is 0 Å². The summed E-state index contributed by atoms with van der Waals surface area (Å²) in [6.07, 6.45) is 2.57. The van der Waals surface area contributed by atoms with Gasteiger partial charge in [-0.15, -0.1) is 0 Å². The summed E-state index contributed by atoms with van der Waals surface area (Å²) in [4.78, 5) is 2.40. The first-order valence-corrected chi connectivity index (χ1v) is 5.40. The molecule has 0 amide bonds. The second-order valence-electron chi connectivity index (χ2n) is 4.97. The van der Waals surface area contributed by atoms with Crippen molar-refractivity contribution in [2.45, 2.75) is 52.2 Å². The van der Waals surface area contributed by atoms with Crippen LogP contribution in [0.15, 0.2) is 0 Å². The summed E-state index contributed by atoms with van der Waals surface area (Å²) < 4.78 is 0. The Kier molecular flexibility index (Phi) is 3.36. The van der Waals surface area contributed by atoms with Crippen LogP contribution in [0.25, 0.3) is 0 Å². The van der Waals surface area contributed by atoms with Crippen LogP contribution < -0.4 is 0 Å². The molecule has 0 aliphatic carbocycles. The SMILES string of the molecule is CC1CCCN1CC(C)(O)C(C)C. The van der Waals surface area contributed by atoms with Crippen molar-refractivity contribution in [2.24, 2.45) is 5.92 Å². The summed E-state index contributed by atoms with van der Waals surface area (Å²) in [5, 5.41) is 10.1. The molecule has 0 bridgehead atoms. The second kappa shape index (κ2) is 3.97. The molecule has 1 N–H and O–H groups in total. The van der Waals surface area contributed by atoms with Crippen molar-refractivity contribution < 1.29 is 5.11 Å². The third-order valence-corrected chi connectivity index (χ3v) is 3.46. The molecule has 0 aromatic rings. The number of aliphatic hydroxyl groups is 1. The van der Waals surface area contributed by atoms with Gasteiger partial charge in [-0.2, -0.15) is 0 Å². The molecule has 13 heavy (non-hydrogen) atoms. The van der Waals surface area contributed by atoms with Gasteiger partial charge in [0, 0.05) is 12.6 Å². The molecule has 0 aromatic carbocycles. The summed E-state index contributed by atoms with van der Waals surface area (Å²) in [5.74, 6) is 0.334. The lowest BCUT2D eigenvalue weighted by atomic mass is 9.92. The monoisotopic (exact) mass is 185 g/mol. The Morgan fingerprint density at radius 2 is 2.15 bits per heavy atom. The maximum atomic E-state index is 10.1. The van der Waals surface area contributed by atoms with Gasteiger partial charge in [0.2, 0.25) is 0 Å². The van der Waals surface area contributed by atoms with Gasteiger partial charge in [-0.05, 0) is 39.2 Å². The first-order valence-electron chi connectivity index (χ1n) is 5.40. The molecule has 1 saturated heterocycles. The quantitative estimate of drug-likeness (QED) is 0.725. The lowest BCUT2D eigenvalue weighted by Crippen LogP contribution is -2.45. The lowest BCUT2D eigenvalue weighted by Gasteiger charge is -2.34. The fraction of sp³-hybridized carbons (Fsp3) is 1.00. The highest BCUT2D eigenvalue weighted by Gasteiger charge is 2.31. The molecule has 1 rings (SSSR count). The highest BCUT2D eigenvalue weighted by Crippen LogP contribution is 2.23. The third kappa shape index (κ3) is 2.68. The largest absolute Gasteiger partial charge is 0.389 e. The van der Waals surface area contributed by atoms with Crippen molar-refractivity contribution in [3.05, 3.63) is 0 Å². The Labute approximate surface area is 81.9 Å². The van der Waals surface area contributed by atoms with Crippen molar-refractivity contribution in [1.29, 1.82) is 0 Å². The predicted octanol–water partition coefficient (Wildman–Crippen LogP) is 1.88. The van der Waals surface area contributed by atoms with Gasteiger partial charge in [-0.25, -0.2) is 0 Å². The molecule has 1 heterocycles. The topological polar surface area (TPSA) is 23.5 Å². The van der Waals surface area contributed by atoms with Gasteiger partial charge >= 0.3 is 0 Å². The molecule has 2 atom stereocenters. The Morgan fingerprint density at radius 3 is 2.54 bits per heavy atom. The molecule has 0 spiro atoms. The zero-order chi connectivity index (χ0) is 10.1. The van der Waals surface area contributed by atoms with Crippen LogP contribution in [0.1, 0.15) is 40.5 Å². The minimum atomic E-state index is -0.529. The molecule has 78 valence electrons. The summed E-state index contributed by atoms with van der Waals surface area (Å²) >= 11 is 0. The van der Waals surface area contributed by atoms with E-state index < -0.39 is 5.60 Å². The predicted molar refractivity (Wildman–Crippen MR) is 55.7 cm³/mol. The van der Waals surface area contributed by atoms with Crippen LogP contribution in [0.4, 0.5) is 0 Å². The summed E-state index contributed by atoms with van der Waals surface area (Å²) in [6.45, 7) is 10.4. The van der Waals surface area contributed by atoms with E-state index in [4.69, 9.17) is 0 Å². The normalized spacial score (nSPS) is 29.5. The van der Waals surface area contributed by atoms with Gasteiger partial charge < -0.3 is 5.11 Å². The van der Waals surface area contributed by atoms with E-state index in [1.807, 2.05) is 6.92 Å². The van der Waals surface area contributed by atoms with Crippen molar-refractivity contribution in [1.82, 2.24) is 4.90 Å². The maximum Gasteiger partial charge on any atom is 0.0768 e. The highest BCUT2D eigenvalue weighted by atomic mass is 16.3. The first kappa shape index (κ1) is 11.0. The van der Waals surface area contributed by atoms with E-state index in [-0.39, 0.29) is 0 Å². The van der Waals surface area contributed by atoms with Crippen molar-refractivity contribution >= 4 is 0 Å². The van der Waals surface area contributed by atoms with E-state index in [1.54, 1.807) is 0 Å². The number of rotatable bonds is 3. The number of β-amino-alcohol motifs (C(OH)–C–C–N with tert-alkyl or cyclic N) is 1. The smallest absolute Gasteiger partial charge is 0.0768 e. The Balaban J connectivity index is 2.47. The van der Waals surface area contributed by atoms with Crippen molar-refractivity contribution in [3.8, 4) is 0 Å². The minimum absolute atomic E-state index is 0.334. The van der Waals surface area contributed by atoms with Gasteiger partial charge in [0.15, 0.2) is 0 Å². The number of hydrogen-bond donors (Lipinski definition) is 1. The van der Waals surface area contributed by atoms with E-state index in [0.29, 0.717) is 12.0 Å². The molecule has 1 aliphatic heterocycles. The van der Waals surface area contributed by atoms with Crippen LogP contribution >= 0.6 is 0 Å². The molecule has 1 aliphatic rings. The molecular formula is C11H23NO. The molecule has 2 heteroatoms. The standard InChI is InChI=1S/C11H23NO/c1-9(2)11(4,13)8-12-7-5-6-10(12)3/h9-10,13H,5-8H2,1-4H3. The molecule has 0 saturated carbocycles. The molecular weight excluding hydrogens is 162 g/mol. The fourth-order valence-electron chi connectivity index (χ4n) is 1.82. The van der Waals surface area contributed by atoms with Crippen LogP contribution in [-0.4, -0.2) is 34.7 Å². The zero-order valence-electron chi connectivity index (χ0n) is 9.38. The summed E-state index contributed by atoms with van der Waals surface area (Å²) in [7, 11) is 0. The van der Waals surface area contributed by atoms with Gasteiger partial charge in [-0.3, -0.25) is 4.90 Å². The van der Waals surface area contributed by atoms with E-state index in [0.717, 1.165) is 13.1 Å². The van der Waals surface area contributed by atoms with Gasteiger partial charge in [0.05, 0.1) is 5.60 Å². The van der Waals surface area contributed by atoms with E-state index in [9.17, 15) is 5.11 Å². The molecule has 0 radical (unpaired) electrons. The van der Waals surface area contributed by atoms with Gasteiger partial charge in [0.1, 0.15) is 0 Å². The zero-order valence-corrected chi connectivity index (χ0v) is 9.38. The van der Waals surface area contributed by atoms with Crippen LogP contribution in [-0.2, 0) is 0 Å². The van der Waals surface area contributed by atoms with Crippen molar-refractivity contribution in [2.75, 3.05) is 13.1 Å². The Hall–Kier alpha value is -0.0800. The summed E-state index contributed by atoms with van der Waals surface area (Å²) in [5.41, 5.74) is -0.529. The van der Waals surface area contributed by atoms with Crippen molar-refractivity contribution in [3.63, 3.8) is 0 Å². The molecule has 2 unspecified atom stereocenters. The average Bonchev–Trinajstić information content (AvgIpc) is 2.35.